The molecular weight excluding hydrogens is 566 g/mol. The first-order valence-corrected chi connectivity index (χ1v) is 16.0. The van der Waals surface area contributed by atoms with E-state index in [4.69, 9.17) is 20.4 Å². The monoisotopic (exact) mass is 605 g/mol. The van der Waals surface area contributed by atoms with Crippen molar-refractivity contribution in [2.75, 3.05) is 19.0 Å². The molecule has 2 aliphatic carbocycles. The van der Waals surface area contributed by atoms with Crippen LogP contribution in [0.5, 0.6) is 5.75 Å². The number of ether oxygens (including phenoxy) is 1. The molecule has 3 unspecified atom stereocenters. The van der Waals surface area contributed by atoms with E-state index in [9.17, 15) is 4.79 Å². The molecule has 11 nitrogen and oxygen atoms in total. The molecule has 8 rings (SSSR count). The van der Waals surface area contributed by atoms with Crippen molar-refractivity contribution in [3.63, 3.8) is 0 Å². The summed E-state index contributed by atoms with van der Waals surface area (Å²) in [5.74, 6) is 4.91. The fraction of sp³-hybridized carbons (Fsp3) is 0.441. The minimum absolute atomic E-state index is 0.00123. The summed E-state index contributed by atoms with van der Waals surface area (Å²) in [6.45, 7) is 5.75. The first-order valence-electron chi connectivity index (χ1n) is 16.0. The van der Waals surface area contributed by atoms with Crippen molar-refractivity contribution in [2.45, 2.75) is 64.1 Å². The van der Waals surface area contributed by atoms with E-state index in [1.54, 1.807) is 13.3 Å². The third-order valence-corrected chi connectivity index (χ3v) is 9.87. The molecule has 5 aromatic rings. The molecule has 5 heterocycles. The highest BCUT2D eigenvalue weighted by molar-refractivity contribution is 6.00. The van der Waals surface area contributed by atoms with Gasteiger partial charge >= 0.3 is 0 Å². The highest BCUT2D eigenvalue weighted by Gasteiger charge is 2.47. The zero-order valence-corrected chi connectivity index (χ0v) is 26.2. The molecule has 0 radical (unpaired) electrons. The van der Waals surface area contributed by atoms with Crippen LogP contribution in [0, 0.1) is 11.8 Å². The van der Waals surface area contributed by atoms with Gasteiger partial charge < -0.3 is 29.8 Å². The number of benzene rings is 1. The molecule has 1 saturated heterocycles. The molecule has 3 fully saturated rings. The lowest BCUT2D eigenvalue weighted by atomic mass is 10.1. The van der Waals surface area contributed by atoms with Gasteiger partial charge in [-0.3, -0.25) is 4.79 Å². The third-order valence-electron chi connectivity index (χ3n) is 9.87. The van der Waals surface area contributed by atoms with Crippen molar-refractivity contribution in [3.05, 3.63) is 54.0 Å². The molecule has 2 bridgehead atoms. The Kier molecular flexibility index (Phi) is 6.56. The van der Waals surface area contributed by atoms with E-state index in [2.05, 4.69) is 50.4 Å². The number of amides is 1. The maximum Gasteiger partial charge on any atom is 0.254 e. The number of piperidine rings is 1. The Bertz CT molecular complexity index is 1960. The van der Waals surface area contributed by atoms with E-state index in [1.807, 2.05) is 36.2 Å². The number of carbonyl (C=O) groups is 1. The van der Waals surface area contributed by atoms with Crippen LogP contribution in [0.3, 0.4) is 0 Å². The van der Waals surface area contributed by atoms with Crippen LogP contribution in [0.1, 0.15) is 61.6 Å². The maximum absolute atomic E-state index is 13.7. The van der Waals surface area contributed by atoms with E-state index in [0.717, 1.165) is 77.0 Å². The number of hydrogen-bond donors (Lipinski definition) is 2. The number of rotatable bonds is 8. The van der Waals surface area contributed by atoms with Crippen LogP contribution < -0.4 is 15.8 Å². The number of nitrogens with two attached hydrogens (primary N) is 1. The molecule has 3 N–H and O–H groups in total. The molecule has 1 amide bonds. The molecule has 3 aliphatic rings. The Morgan fingerprint density at radius 2 is 1.89 bits per heavy atom. The van der Waals surface area contributed by atoms with Gasteiger partial charge in [-0.05, 0) is 73.9 Å². The summed E-state index contributed by atoms with van der Waals surface area (Å²) in [4.78, 5) is 34.9. The van der Waals surface area contributed by atoms with Gasteiger partial charge in [-0.2, -0.15) is 0 Å². The predicted octanol–water partition coefficient (Wildman–Crippen LogP) is 5.23. The predicted molar refractivity (Wildman–Crippen MR) is 174 cm³/mol. The maximum atomic E-state index is 13.7. The standard InChI is InChI=1S/C34H39N9O2/c1-18(2)31-36-12-11-28(39-31)38-27-10-8-20-14-25(42(32(20)40-27)16-19-5-6-19)33-37-23-13-22(15-26(45-4)30(23)41(33)3)34(44)43-17-21-7-9-24(43)29(21)35/h8,10-15,18-19,21,24,29H,5-7,9,16-17,35H2,1-4H3,(H,36,38,39,40). The number of imidazole rings is 1. The first-order chi connectivity index (χ1) is 21.8. The summed E-state index contributed by atoms with van der Waals surface area (Å²) >= 11 is 0. The Morgan fingerprint density at radius 3 is 2.60 bits per heavy atom. The average molecular weight is 606 g/mol. The Hall–Kier alpha value is -4.51. The van der Waals surface area contributed by atoms with Gasteiger partial charge in [-0.1, -0.05) is 13.8 Å². The van der Waals surface area contributed by atoms with E-state index < -0.39 is 0 Å². The van der Waals surface area contributed by atoms with E-state index in [0.29, 0.717) is 23.1 Å². The average Bonchev–Trinajstić information content (AvgIpc) is 3.45. The second kappa shape index (κ2) is 10.5. The molecule has 3 atom stereocenters. The van der Waals surface area contributed by atoms with Crippen LogP contribution in [-0.4, -0.2) is 65.6 Å². The highest BCUT2D eigenvalue weighted by Crippen LogP contribution is 2.40. The van der Waals surface area contributed by atoms with Crippen molar-refractivity contribution in [1.29, 1.82) is 0 Å². The van der Waals surface area contributed by atoms with Crippen molar-refractivity contribution in [3.8, 4) is 17.3 Å². The van der Waals surface area contributed by atoms with Crippen LogP contribution in [-0.2, 0) is 13.6 Å². The Morgan fingerprint density at radius 1 is 1.07 bits per heavy atom. The zero-order valence-electron chi connectivity index (χ0n) is 26.2. The number of fused-ring (bicyclic) bond motifs is 4. The van der Waals surface area contributed by atoms with Crippen molar-refractivity contribution < 1.29 is 9.53 Å². The first kappa shape index (κ1) is 28.0. The van der Waals surface area contributed by atoms with Crippen molar-refractivity contribution in [1.82, 2.24) is 34.0 Å². The molecule has 1 aromatic carbocycles. The minimum atomic E-state index is 0.00123. The largest absolute Gasteiger partial charge is 0.494 e. The molecule has 2 saturated carbocycles. The van der Waals surface area contributed by atoms with E-state index >= 15 is 0 Å². The summed E-state index contributed by atoms with van der Waals surface area (Å²) < 4.78 is 10.2. The molecule has 1 aliphatic heterocycles. The Labute approximate surface area is 261 Å². The molecule has 45 heavy (non-hydrogen) atoms. The topological polar surface area (TPSA) is 129 Å². The highest BCUT2D eigenvalue weighted by atomic mass is 16.5. The Balaban J connectivity index is 1.19. The van der Waals surface area contributed by atoms with Gasteiger partial charge in [0.1, 0.15) is 34.4 Å². The van der Waals surface area contributed by atoms with Gasteiger partial charge in [0.05, 0.1) is 18.3 Å². The van der Waals surface area contributed by atoms with Gasteiger partial charge in [0, 0.05) is 55.3 Å². The van der Waals surface area contributed by atoms with E-state index in [1.165, 1.54) is 12.8 Å². The fourth-order valence-electron chi connectivity index (χ4n) is 7.24. The van der Waals surface area contributed by atoms with Crippen LogP contribution in [0.25, 0.3) is 33.6 Å². The number of carbonyl (C=O) groups excluding carboxylic acids is 1. The molecular formula is C34H39N9O2. The summed E-state index contributed by atoms with van der Waals surface area (Å²) in [6.07, 6.45) is 6.27. The number of nitrogens with one attached hydrogen (secondary N) is 1. The van der Waals surface area contributed by atoms with Gasteiger partial charge in [0.25, 0.3) is 5.91 Å². The third kappa shape index (κ3) is 4.72. The summed E-state index contributed by atoms with van der Waals surface area (Å²) in [7, 11) is 3.65. The summed E-state index contributed by atoms with van der Waals surface area (Å²) in [6, 6.07) is 12.0. The van der Waals surface area contributed by atoms with Crippen molar-refractivity contribution in [2.24, 2.45) is 24.6 Å². The van der Waals surface area contributed by atoms with Crippen LogP contribution in [0.2, 0.25) is 0 Å². The number of anilines is 2. The van der Waals surface area contributed by atoms with Crippen molar-refractivity contribution >= 4 is 39.6 Å². The normalized spacial score (nSPS) is 21.0. The van der Waals surface area contributed by atoms with Gasteiger partial charge in [-0.15, -0.1) is 0 Å². The summed E-state index contributed by atoms with van der Waals surface area (Å²) in [5, 5.41) is 4.42. The quantitative estimate of drug-likeness (QED) is 0.246. The number of aromatic nitrogens is 6. The zero-order chi connectivity index (χ0) is 31.0. The minimum Gasteiger partial charge on any atom is -0.494 e. The second-order valence-corrected chi connectivity index (χ2v) is 13.3. The van der Waals surface area contributed by atoms with Crippen LogP contribution >= 0.6 is 0 Å². The summed E-state index contributed by atoms with van der Waals surface area (Å²) in [5.41, 5.74) is 10.5. The van der Waals surface area contributed by atoms with Gasteiger partial charge in [-0.25, -0.2) is 19.9 Å². The van der Waals surface area contributed by atoms with Gasteiger partial charge in [0.15, 0.2) is 5.82 Å². The van der Waals surface area contributed by atoms with Gasteiger partial charge in [0.2, 0.25) is 0 Å². The lowest BCUT2D eigenvalue weighted by Crippen LogP contribution is -2.41. The number of nitrogens with zero attached hydrogens (tertiary/aromatic N) is 7. The number of aryl methyl sites for hydroxylation is 1. The number of methoxy groups -OCH3 is 1. The lowest BCUT2D eigenvalue weighted by Gasteiger charge is -2.27. The SMILES string of the molecule is COc1cc(C(=O)N2CC3CCC2C3N)cc2nc(-c3cc4ccc(Nc5ccnc(C(C)C)n5)nc4n3CC3CC3)n(C)c12. The van der Waals surface area contributed by atoms with Crippen LogP contribution in [0.4, 0.5) is 11.6 Å². The molecule has 0 spiro atoms. The number of pyridine rings is 1. The number of likely N-dealkylation sites (tertiary alicyclic amines) is 1. The van der Waals surface area contributed by atoms with E-state index in [-0.39, 0.29) is 23.9 Å². The smallest absolute Gasteiger partial charge is 0.254 e. The second-order valence-electron chi connectivity index (χ2n) is 13.3. The molecule has 232 valence electrons. The molecule has 11 heteroatoms. The molecule has 4 aromatic heterocycles. The fourth-order valence-corrected chi connectivity index (χ4v) is 7.24. The number of hydrogen-bond acceptors (Lipinski definition) is 8. The lowest BCUT2D eigenvalue weighted by molar-refractivity contribution is 0.0700. The van der Waals surface area contributed by atoms with Crippen LogP contribution in [0.15, 0.2) is 42.6 Å².